The highest BCUT2D eigenvalue weighted by atomic mass is 19.1. The second-order valence-electron chi connectivity index (χ2n) is 15.8. The Hall–Kier alpha value is -2.59. The molecule has 0 aromatic carbocycles. The van der Waals surface area contributed by atoms with E-state index >= 15 is 4.39 Å². The largest absolute Gasteiger partial charge is 0.457 e. The van der Waals surface area contributed by atoms with Crippen molar-refractivity contribution in [3.63, 3.8) is 0 Å². The van der Waals surface area contributed by atoms with Gasteiger partial charge in [-0.1, -0.05) is 39.3 Å². The molecule has 0 aromatic heterocycles. The van der Waals surface area contributed by atoms with Gasteiger partial charge in [0.05, 0.1) is 18.6 Å². The Morgan fingerprint density at radius 3 is 2.50 bits per heavy atom. The van der Waals surface area contributed by atoms with E-state index in [1.165, 1.54) is 12.2 Å². The second kappa shape index (κ2) is 10.5. The zero-order valence-corrected chi connectivity index (χ0v) is 27.3. The minimum Gasteiger partial charge on any atom is -0.457 e. The van der Waals surface area contributed by atoms with Gasteiger partial charge >= 0.3 is 12.1 Å². The Bertz CT molecular complexity index is 1320. The lowest BCUT2D eigenvalue weighted by Crippen LogP contribution is -2.76. The van der Waals surface area contributed by atoms with Gasteiger partial charge in [0.25, 0.3) is 0 Å². The molecular weight excluding hydrogens is 569 g/mol. The number of rotatable bonds is 7. The molecule has 5 aliphatic rings. The van der Waals surface area contributed by atoms with Crippen LogP contribution in [0.2, 0.25) is 0 Å². The Kier molecular flexibility index (Phi) is 7.81. The first kappa shape index (κ1) is 32.8. The van der Waals surface area contributed by atoms with Gasteiger partial charge in [0.2, 0.25) is 5.78 Å². The molecule has 9 nitrogen and oxygen atoms in total. The first-order valence-corrected chi connectivity index (χ1v) is 15.9. The van der Waals surface area contributed by atoms with E-state index in [9.17, 15) is 24.3 Å². The molecule has 9 atom stereocenters. The van der Waals surface area contributed by atoms with Gasteiger partial charge in [-0.15, -0.1) is 0 Å². The Morgan fingerprint density at radius 2 is 1.89 bits per heavy atom. The lowest BCUT2D eigenvalue weighted by atomic mass is 9.43. The van der Waals surface area contributed by atoms with Crippen molar-refractivity contribution < 1.29 is 42.9 Å². The molecule has 1 amide bonds. The lowest BCUT2D eigenvalue weighted by Gasteiger charge is -2.67. The van der Waals surface area contributed by atoms with Gasteiger partial charge in [-0.2, -0.15) is 0 Å². The quantitative estimate of drug-likeness (QED) is 0.395. The summed E-state index contributed by atoms with van der Waals surface area (Å²) in [7, 11) is 0. The molecule has 1 spiro atoms. The first-order chi connectivity index (χ1) is 20.2. The van der Waals surface area contributed by atoms with Crippen LogP contribution >= 0.6 is 0 Å². The molecule has 0 radical (unpaired) electrons. The summed E-state index contributed by atoms with van der Waals surface area (Å²) in [6.45, 7) is 14.2. The molecule has 44 heavy (non-hydrogen) atoms. The third-order valence-electron chi connectivity index (χ3n) is 11.8. The van der Waals surface area contributed by atoms with E-state index in [0.29, 0.717) is 24.8 Å². The van der Waals surface area contributed by atoms with E-state index in [-0.39, 0.29) is 43.0 Å². The summed E-state index contributed by atoms with van der Waals surface area (Å²) in [5.41, 5.74) is -5.77. The summed E-state index contributed by atoms with van der Waals surface area (Å²) in [5, 5.41) is 14.3. The van der Waals surface area contributed by atoms with Crippen LogP contribution in [0.3, 0.4) is 0 Å². The monoisotopic (exact) mass is 617 g/mol. The van der Waals surface area contributed by atoms with Crippen LogP contribution in [-0.2, 0) is 28.6 Å². The minimum atomic E-state index is -1.99. The number of hydrogen-bond donors (Lipinski definition) is 2. The predicted octanol–water partition coefficient (Wildman–Crippen LogP) is 4.65. The number of Topliss-reactive ketones (excluding diaryl/α,β-unsaturated/α-hetero) is 1. The van der Waals surface area contributed by atoms with Gasteiger partial charge in [0.1, 0.15) is 11.2 Å². The van der Waals surface area contributed by atoms with Crippen molar-refractivity contribution >= 4 is 23.6 Å². The maximum Gasteiger partial charge on any atom is 0.407 e. The number of esters is 1. The molecule has 2 N–H and O–H groups in total. The van der Waals surface area contributed by atoms with Crippen molar-refractivity contribution in [1.82, 2.24) is 5.32 Å². The summed E-state index contributed by atoms with van der Waals surface area (Å²) in [6.07, 6.45) is 4.21. The van der Waals surface area contributed by atoms with E-state index in [4.69, 9.17) is 14.2 Å². The molecule has 10 heteroatoms. The average molecular weight is 618 g/mol. The number of aliphatic hydroxyl groups is 1. The SMILES string of the molecule is CC(C(=O)OCC(=O)[C@]12OC[C@@]13C[C@H](O)[C@@]1(F)[C@@H](CCC4=CC(=O)C=C[C@@]41C)[C@@H]3C[C@H]2C)C(C)(C)CNC(=O)OC(C)(C)C. The second-order valence-corrected chi connectivity index (χ2v) is 15.8. The number of halogens is 1. The van der Waals surface area contributed by atoms with Crippen LogP contribution in [-0.4, -0.2) is 71.5 Å². The molecule has 0 bridgehead atoms. The zero-order chi connectivity index (χ0) is 32.7. The number of alkyl carbamates (subject to hydrolysis) is 1. The van der Waals surface area contributed by atoms with Crippen molar-refractivity contribution in [1.29, 1.82) is 0 Å². The van der Waals surface area contributed by atoms with Crippen LogP contribution in [0.15, 0.2) is 23.8 Å². The Morgan fingerprint density at radius 1 is 1.20 bits per heavy atom. The molecule has 1 heterocycles. The van der Waals surface area contributed by atoms with E-state index in [0.717, 1.165) is 0 Å². The Labute approximate surface area is 259 Å². The van der Waals surface area contributed by atoms with Crippen LogP contribution in [0.1, 0.15) is 81.1 Å². The van der Waals surface area contributed by atoms with E-state index in [1.807, 2.05) is 20.8 Å². The summed E-state index contributed by atoms with van der Waals surface area (Å²) in [5.74, 6) is -2.76. The smallest absolute Gasteiger partial charge is 0.407 e. The first-order valence-electron chi connectivity index (χ1n) is 15.9. The topological polar surface area (TPSA) is 128 Å². The average Bonchev–Trinajstić information content (AvgIpc) is 3.07. The van der Waals surface area contributed by atoms with E-state index < -0.39 is 69.7 Å². The number of ether oxygens (including phenoxy) is 3. The number of hydrogen-bond acceptors (Lipinski definition) is 8. The molecular formula is C34H48FNO8. The normalized spacial score (nSPS) is 39.9. The number of carbonyl (C=O) groups excluding carboxylic acids is 4. The third kappa shape index (κ3) is 4.60. The van der Waals surface area contributed by atoms with Crippen LogP contribution in [0.5, 0.6) is 0 Å². The minimum absolute atomic E-state index is 0.0547. The molecule has 244 valence electrons. The van der Waals surface area contributed by atoms with Gasteiger partial charge < -0.3 is 24.6 Å². The predicted molar refractivity (Wildman–Crippen MR) is 159 cm³/mol. The number of ketones is 2. The van der Waals surface area contributed by atoms with E-state index in [1.54, 1.807) is 40.7 Å². The van der Waals surface area contributed by atoms with E-state index in [2.05, 4.69) is 5.32 Å². The number of amides is 1. The Balaban J connectivity index is 1.29. The number of nitrogens with one attached hydrogen (secondary N) is 1. The van der Waals surface area contributed by atoms with Crippen LogP contribution in [0, 0.1) is 39.9 Å². The van der Waals surface area contributed by atoms with Crippen molar-refractivity contribution in [3.05, 3.63) is 23.8 Å². The van der Waals surface area contributed by atoms with Crippen molar-refractivity contribution in [3.8, 4) is 0 Å². The summed E-state index contributed by atoms with van der Waals surface area (Å²) in [6, 6.07) is 0. The molecule has 4 aliphatic carbocycles. The lowest BCUT2D eigenvalue weighted by molar-refractivity contribution is -0.310. The van der Waals surface area contributed by atoms with Crippen molar-refractivity contribution in [2.24, 2.45) is 39.9 Å². The highest BCUT2D eigenvalue weighted by molar-refractivity contribution is 6.01. The van der Waals surface area contributed by atoms with Crippen LogP contribution in [0.25, 0.3) is 0 Å². The molecule has 1 saturated heterocycles. The van der Waals surface area contributed by atoms with Gasteiger partial charge in [-0.05, 0) is 82.8 Å². The molecule has 3 saturated carbocycles. The van der Waals surface area contributed by atoms with Crippen LogP contribution < -0.4 is 5.32 Å². The highest BCUT2D eigenvalue weighted by Crippen LogP contribution is 2.74. The number of fused-ring (bicyclic) bond motifs is 4. The summed E-state index contributed by atoms with van der Waals surface area (Å²) < 4.78 is 34.4. The fourth-order valence-corrected chi connectivity index (χ4v) is 9.12. The zero-order valence-electron chi connectivity index (χ0n) is 27.3. The van der Waals surface area contributed by atoms with Crippen molar-refractivity contribution in [2.75, 3.05) is 19.8 Å². The molecule has 1 unspecified atom stereocenters. The summed E-state index contributed by atoms with van der Waals surface area (Å²) >= 11 is 0. The molecule has 4 fully saturated rings. The number of allylic oxidation sites excluding steroid dienone is 4. The third-order valence-corrected chi connectivity index (χ3v) is 11.8. The fraction of sp³-hybridized carbons (Fsp3) is 0.765. The maximum atomic E-state index is 17.4. The van der Waals surface area contributed by atoms with Gasteiger partial charge in [0.15, 0.2) is 18.1 Å². The van der Waals surface area contributed by atoms with Crippen LogP contribution in [0.4, 0.5) is 9.18 Å². The standard InChI is InChI=1S/C34H48FNO8/c1-19-13-24-23-10-9-21-14-22(37)11-12-31(21,8)33(23,35)25(38)15-32(24)18-43-34(19,32)26(39)16-42-27(40)20(2)30(6,7)17-36-28(41)44-29(3,4)5/h11-12,14,19-20,23-25,38H,9-10,13,15-18H2,1-8H3,(H,36,41)/t19-,20?,23+,24+,25+,31+,32-,33+,34+/m1/s1. The summed E-state index contributed by atoms with van der Waals surface area (Å²) in [4.78, 5) is 51.4. The maximum absolute atomic E-state index is 17.4. The van der Waals surface area contributed by atoms with Crippen molar-refractivity contribution in [2.45, 2.75) is 104 Å². The molecule has 1 aliphatic heterocycles. The molecule has 0 aromatic rings. The van der Waals surface area contributed by atoms with Gasteiger partial charge in [-0.3, -0.25) is 14.4 Å². The number of aliphatic hydroxyl groups excluding tert-OH is 1. The number of alkyl halides is 1. The fourth-order valence-electron chi connectivity index (χ4n) is 9.12. The van der Waals surface area contributed by atoms with Gasteiger partial charge in [0, 0.05) is 23.3 Å². The number of carbonyl (C=O) groups is 4. The highest BCUT2D eigenvalue weighted by Gasteiger charge is 2.81. The van der Waals surface area contributed by atoms with Gasteiger partial charge in [-0.25, -0.2) is 9.18 Å². The molecule has 5 rings (SSSR count).